The summed E-state index contributed by atoms with van der Waals surface area (Å²) in [6.07, 6.45) is 2.42. The van der Waals surface area contributed by atoms with Crippen molar-refractivity contribution in [3.63, 3.8) is 0 Å². The molecule has 0 radical (unpaired) electrons. The predicted octanol–water partition coefficient (Wildman–Crippen LogP) is 2.33. The van der Waals surface area contributed by atoms with Gasteiger partial charge in [0.2, 0.25) is 5.91 Å². The van der Waals surface area contributed by atoms with Crippen LogP contribution >= 0.6 is 0 Å². The lowest BCUT2D eigenvalue weighted by Crippen LogP contribution is -2.39. The first-order chi connectivity index (χ1) is 11.5. The van der Waals surface area contributed by atoms with Gasteiger partial charge in [0.05, 0.1) is 5.69 Å². The van der Waals surface area contributed by atoms with Crippen molar-refractivity contribution < 1.29 is 14.7 Å². The van der Waals surface area contributed by atoms with Gasteiger partial charge >= 0.3 is 5.97 Å². The molecule has 0 bridgehead atoms. The van der Waals surface area contributed by atoms with Crippen molar-refractivity contribution >= 4 is 11.9 Å². The van der Waals surface area contributed by atoms with Crippen molar-refractivity contribution in [1.82, 2.24) is 15.1 Å². The van der Waals surface area contributed by atoms with E-state index in [0.717, 1.165) is 29.8 Å². The summed E-state index contributed by atoms with van der Waals surface area (Å²) in [4.78, 5) is 25.0. The van der Waals surface area contributed by atoms with E-state index in [1.54, 1.807) is 7.05 Å². The van der Waals surface area contributed by atoms with E-state index in [1.807, 2.05) is 36.4 Å². The molecule has 1 saturated carbocycles. The van der Waals surface area contributed by atoms with Crippen LogP contribution < -0.4 is 0 Å². The molecular weight excluding hydrogens is 306 g/mol. The molecule has 1 aliphatic carbocycles. The van der Waals surface area contributed by atoms with Gasteiger partial charge < -0.3 is 10.0 Å². The van der Waals surface area contributed by atoms with Crippen molar-refractivity contribution in [2.45, 2.75) is 25.7 Å². The molecule has 0 unspecified atom stereocenters. The number of aromatic nitrogens is 2. The second kappa shape index (κ2) is 6.47. The topological polar surface area (TPSA) is 86.3 Å². The Morgan fingerprint density at radius 3 is 2.62 bits per heavy atom. The van der Waals surface area contributed by atoms with E-state index in [4.69, 9.17) is 0 Å². The highest BCUT2D eigenvalue weighted by Crippen LogP contribution is 2.47. The number of hydrogen-bond acceptors (Lipinski definition) is 3. The van der Waals surface area contributed by atoms with E-state index in [1.165, 1.54) is 4.90 Å². The number of nitrogens with zero attached hydrogens (tertiary/aromatic N) is 2. The minimum absolute atomic E-state index is 0.274. The van der Waals surface area contributed by atoms with Crippen LogP contribution in [-0.4, -0.2) is 45.7 Å². The standard InChI is InChI=1S/C18H21N3O3/c1-21(16(22)18(9-10-18)17(23)24)11-5-8-14-12-15(20-19-14)13-6-3-2-4-7-13/h2-4,6-7,12H,5,8-11H2,1H3,(H,19,20)(H,23,24). The number of carbonyl (C=O) groups is 2. The van der Waals surface area contributed by atoms with Crippen LogP contribution in [-0.2, 0) is 16.0 Å². The molecule has 1 heterocycles. The number of carbonyl (C=O) groups excluding carboxylic acids is 1. The van der Waals surface area contributed by atoms with Gasteiger partial charge in [-0.05, 0) is 31.7 Å². The third-order valence-electron chi connectivity index (χ3n) is 4.56. The van der Waals surface area contributed by atoms with E-state index in [0.29, 0.717) is 19.4 Å². The predicted molar refractivity (Wildman–Crippen MR) is 89.3 cm³/mol. The molecule has 0 spiro atoms. The molecule has 1 aromatic heterocycles. The van der Waals surface area contributed by atoms with Crippen molar-refractivity contribution in [2.75, 3.05) is 13.6 Å². The van der Waals surface area contributed by atoms with Gasteiger partial charge in [-0.1, -0.05) is 30.3 Å². The summed E-state index contributed by atoms with van der Waals surface area (Å²) < 4.78 is 0. The molecule has 0 saturated heterocycles. The highest BCUT2D eigenvalue weighted by molar-refractivity contribution is 6.04. The van der Waals surface area contributed by atoms with Gasteiger partial charge in [-0.25, -0.2) is 0 Å². The zero-order valence-electron chi connectivity index (χ0n) is 13.7. The first-order valence-electron chi connectivity index (χ1n) is 8.11. The quantitative estimate of drug-likeness (QED) is 0.764. The first-order valence-corrected chi connectivity index (χ1v) is 8.11. The van der Waals surface area contributed by atoms with E-state index < -0.39 is 11.4 Å². The molecule has 2 aromatic rings. The number of aliphatic carboxylic acids is 1. The largest absolute Gasteiger partial charge is 0.480 e. The maximum Gasteiger partial charge on any atom is 0.319 e. The van der Waals surface area contributed by atoms with Crippen LogP contribution in [0.25, 0.3) is 11.3 Å². The lowest BCUT2D eigenvalue weighted by molar-refractivity contribution is -0.152. The van der Waals surface area contributed by atoms with Crippen molar-refractivity contribution in [2.24, 2.45) is 5.41 Å². The molecule has 1 fully saturated rings. The fourth-order valence-electron chi connectivity index (χ4n) is 2.86. The zero-order chi connectivity index (χ0) is 17.2. The van der Waals surface area contributed by atoms with Gasteiger partial charge in [-0.2, -0.15) is 5.10 Å². The lowest BCUT2D eigenvalue weighted by atomic mass is 10.1. The zero-order valence-corrected chi connectivity index (χ0v) is 13.7. The van der Waals surface area contributed by atoms with Crippen LogP contribution in [0.4, 0.5) is 0 Å². The van der Waals surface area contributed by atoms with Gasteiger partial charge in [0.1, 0.15) is 5.41 Å². The molecule has 6 nitrogen and oxygen atoms in total. The molecule has 1 aliphatic rings. The Balaban J connectivity index is 1.51. The number of benzene rings is 1. The molecule has 1 amide bonds. The summed E-state index contributed by atoms with van der Waals surface area (Å²) in [5.74, 6) is -1.27. The maximum absolute atomic E-state index is 12.2. The van der Waals surface area contributed by atoms with E-state index in [2.05, 4.69) is 10.2 Å². The number of nitrogens with one attached hydrogen (secondary N) is 1. The molecular formula is C18H21N3O3. The normalized spacial score (nSPS) is 15.0. The number of carboxylic acids is 1. The van der Waals surface area contributed by atoms with Gasteiger partial charge in [0, 0.05) is 24.8 Å². The van der Waals surface area contributed by atoms with E-state index in [-0.39, 0.29) is 5.91 Å². The summed E-state index contributed by atoms with van der Waals surface area (Å²) in [5.41, 5.74) is 1.82. The smallest absolute Gasteiger partial charge is 0.319 e. The number of rotatable bonds is 7. The Morgan fingerprint density at radius 2 is 2.00 bits per heavy atom. The van der Waals surface area contributed by atoms with Crippen LogP contribution in [0.1, 0.15) is 25.0 Å². The fraction of sp³-hybridized carbons (Fsp3) is 0.389. The fourth-order valence-corrected chi connectivity index (χ4v) is 2.86. The third-order valence-corrected chi connectivity index (χ3v) is 4.56. The van der Waals surface area contributed by atoms with Crippen LogP contribution in [0.2, 0.25) is 0 Å². The average molecular weight is 327 g/mol. The lowest BCUT2D eigenvalue weighted by Gasteiger charge is -2.20. The number of hydrogen-bond donors (Lipinski definition) is 2. The number of H-pyrrole nitrogens is 1. The second-order valence-electron chi connectivity index (χ2n) is 6.36. The summed E-state index contributed by atoms with van der Waals surface area (Å²) >= 11 is 0. The molecule has 0 atom stereocenters. The highest BCUT2D eigenvalue weighted by Gasteiger charge is 2.58. The number of aromatic amines is 1. The van der Waals surface area contributed by atoms with Gasteiger partial charge in [0.25, 0.3) is 0 Å². The summed E-state index contributed by atoms with van der Waals surface area (Å²) in [6.45, 7) is 0.535. The summed E-state index contributed by atoms with van der Waals surface area (Å²) in [5, 5.41) is 16.5. The Morgan fingerprint density at radius 1 is 1.29 bits per heavy atom. The van der Waals surface area contributed by atoms with E-state index >= 15 is 0 Å². The molecule has 6 heteroatoms. The van der Waals surface area contributed by atoms with Crippen molar-refractivity contribution in [3.05, 3.63) is 42.1 Å². The third kappa shape index (κ3) is 3.18. The van der Waals surface area contributed by atoms with Crippen LogP contribution in [0.15, 0.2) is 36.4 Å². The number of aryl methyl sites for hydroxylation is 1. The first kappa shape index (κ1) is 16.2. The van der Waals surface area contributed by atoms with Gasteiger partial charge in [-0.15, -0.1) is 0 Å². The molecule has 126 valence electrons. The van der Waals surface area contributed by atoms with Crippen LogP contribution in [0.3, 0.4) is 0 Å². The maximum atomic E-state index is 12.2. The molecule has 3 rings (SSSR count). The van der Waals surface area contributed by atoms with Crippen LogP contribution in [0, 0.1) is 5.41 Å². The Hall–Kier alpha value is -2.63. The summed E-state index contributed by atoms with van der Waals surface area (Å²) in [7, 11) is 1.67. The number of carboxylic acid groups (broad SMARTS) is 1. The summed E-state index contributed by atoms with van der Waals surface area (Å²) in [6, 6.07) is 11.9. The minimum atomic E-state index is -1.15. The van der Waals surface area contributed by atoms with E-state index in [9.17, 15) is 14.7 Å². The van der Waals surface area contributed by atoms with Gasteiger partial charge in [-0.3, -0.25) is 14.7 Å². The molecule has 2 N–H and O–H groups in total. The average Bonchev–Trinajstić information content (AvgIpc) is 3.28. The van der Waals surface area contributed by atoms with Crippen molar-refractivity contribution in [3.8, 4) is 11.3 Å². The van der Waals surface area contributed by atoms with Gasteiger partial charge in [0.15, 0.2) is 0 Å². The minimum Gasteiger partial charge on any atom is -0.480 e. The second-order valence-corrected chi connectivity index (χ2v) is 6.36. The number of amides is 1. The van der Waals surface area contributed by atoms with Crippen LogP contribution in [0.5, 0.6) is 0 Å². The Bertz CT molecular complexity index is 735. The molecule has 0 aliphatic heterocycles. The Labute approximate surface area is 140 Å². The monoisotopic (exact) mass is 327 g/mol. The van der Waals surface area contributed by atoms with Crippen molar-refractivity contribution in [1.29, 1.82) is 0 Å². The highest BCUT2D eigenvalue weighted by atomic mass is 16.4. The Kier molecular flexibility index (Phi) is 4.38. The molecule has 24 heavy (non-hydrogen) atoms. The molecule has 1 aromatic carbocycles. The SMILES string of the molecule is CN(CCCc1cc(-c2ccccc2)n[nH]1)C(=O)C1(C(=O)O)CC1.